The molecule has 0 aliphatic heterocycles. The number of aryl methyl sites for hydroxylation is 1. The molecule has 2 N–H and O–H groups in total. The molecule has 4 nitrogen and oxygen atoms in total. The number of rotatable bonds is 4. The van der Waals surface area contributed by atoms with Gasteiger partial charge in [0.2, 0.25) is 5.13 Å². The van der Waals surface area contributed by atoms with Gasteiger partial charge in [0.15, 0.2) is 0 Å². The van der Waals surface area contributed by atoms with Crippen LogP contribution in [0.1, 0.15) is 12.7 Å². The standard InChI is InChI=1S/C8H14N4S2/c1-5(7(9)13)4-12(3)8-10-6(2)11-14-8/h5H,4H2,1-3H3,(H2,9,13). The second kappa shape index (κ2) is 4.65. The fraction of sp³-hybridized carbons (Fsp3) is 0.625. The minimum absolute atomic E-state index is 0.194. The lowest BCUT2D eigenvalue weighted by atomic mass is 10.2. The number of hydrogen-bond acceptors (Lipinski definition) is 5. The summed E-state index contributed by atoms with van der Waals surface area (Å²) in [6.07, 6.45) is 0. The van der Waals surface area contributed by atoms with Crippen molar-refractivity contribution in [1.29, 1.82) is 0 Å². The molecule has 0 aliphatic carbocycles. The van der Waals surface area contributed by atoms with Crippen LogP contribution in [0.15, 0.2) is 0 Å². The van der Waals surface area contributed by atoms with E-state index in [1.165, 1.54) is 11.5 Å². The molecule has 78 valence electrons. The Balaban J connectivity index is 2.58. The van der Waals surface area contributed by atoms with Crippen LogP contribution in [0.25, 0.3) is 0 Å². The van der Waals surface area contributed by atoms with Gasteiger partial charge < -0.3 is 10.6 Å². The molecule has 14 heavy (non-hydrogen) atoms. The van der Waals surface area contributed by atoms with Crippen LogP contribution in [0.3, 0.4) is 0 Å². The van der Waals surface area contributed by atoms with Gasteiger partial charge in [-0.2, -0.15) is 4.37 Å². The molecule has 1 aromatic rings. The normalized spacial score (nSPS) is 12.5. The van der Waals surface area contributed by atoms with Crippen molar-refractivity contribution in [2.45, 2.75) is 13.8 Å². The maximum Gasteiger partial charge on any atom is 0.204 e. The molecule has 0 amide bonds. The fourth-order valence-corrected chi connectivity index (χ4v) is 1.74. The fourth-order valence-electron chi connectivity index (χ4n) is 1.02. The average Bonchev–Trinajstić information content (AvgIpc) is 2.51. The van der Waals surface area contributed by atoms with Crippen LogP contribution in [-0.4, -0.2) is 27.9 Å². The predicted molar refractivity (Wildman–Crippen MR) is 63.9 cm³/mol. The van der Waals surface area contributed by atoms with Crippen molar-refractivity contribution in [3.63, 3.8) is 0 Å². The van der Waals surface area contributed by atoms with Gasteiger partial charge in [-0.25, -0.2) is 4.98 Å². The molecule has 0 aliphatic rings. The van der Waals surface area contributed by atoms with Gasteiger partial charge in [-0.1, -0.05) is 19.1 Å². The summed E-state index contributed by atoms with van der Waals surface area (Å²) in [5.41, 5.74) is 5.54. The van der Waals surface area contributed by atoms with Gasteiger partial charge in [0.25, 0.3) is 0 Å². The summed E-state index contributed by atoms with van der Waals surface area (Å²) >= 11 is 6.30. The van der Waals surface area contributed by atoms with Crippen molar-refractivity contribution in [3.8, 4) is 0 Å². The molecule has 1 rings (SSSR count). The van der Waals surface area contributed by atoms with Gasteiger partial charge in [0.1, 0.15) is 5.82 Å². The molecule has 0 fully saturated rings. The highest BCUT2D eigenvalue weighted by Crippen LogP contribution is 2.16. The topological polar surface area (TPSA) is 55.0 Å². The predicted octanol–water partition coefficient (Wildman–Crippen LogP) is 1.20. The van der Waals surface area contributed by atoms with Gasteiger partial charge in [-0.3, -0.25) is 0 Å². The molecule has 1 atom stereocenters. The molecule has 0 radical (unpaired) electrons. The largest absolute Gasteiger partial charge is 0.393 e. The molecule has 6 heteroatoms. The Bertz CT molecular complexity index is 323. The Hall–Kier alpha value is -0.750. The highest BCUT2D eigenvalue weighted by molar-refractivity contribution is 7.80. The average molecular weight is 230 g/mol. The zero-order valence-electron chi connectivity index (χ0n) is 8.52. The second-order valence-electron chi connectivity index (χ2n) is 3.31. The van der Waals surface area contributed by atoms with Gasteiger partial charge in [0.05, 0.1) is 4.99 Å². The molecule has 1 aromatic heterocycles. The summed E-state index contributed by atoms with van der Waals surface area (Å²) in [6.45, 7) is 4.67. The monoisotopic (exact) mass is 230 g/mol. The molecule has 1 heterocycles. The van der Waals surface area contributed by atoms with Crippen LogP contribution in [-0.2, 0) is 0 Å². The van der Waals surface area contributed by atoms with Crippen LogP contribution >= 0.6 is 23.8 Å². The third-order valence-corrected chi connectivity index (χ3v) is 3.20. The van der Waals surface area contributed by atoms with Crippen molar-refractivity contribution in [2.75, 3.05) is 18.5 Å². The summed E-state index contributed by atoms with van der Waals surface area (Å²) in [5.74, 6) is 0.999. The molecule has 0 aromatic carbocycles. The maximum atomic E-state index is 5.54. The van der Waals surface area contributed by atoms with Crippen LogP contribution in [0, 0.1) is 12.8 Å². The third-order valence-electron chi connectivity index (χ3n) is 1.88. The lowest BCUT2D eigenvalue weighted by molar-refractivity contribution is 0.740. The number of anilines is 1. The number of aromatic nitrogens is 2. The number of nitrogens with two attached hydrogens (primary N) is 1. The Morgan fingerprint density at radius 2 is 2.36 bits per heavy atom. The van der Waals surface area contributed by atoms with E-state index in [1.807, 2.05) is 25.8 Å². The van der Waals surface area contributed by atoms with Crippen LogP contribution in [0.4, 0.5) is 5.13 Å². The highest BCUT2D eigenvalue weighted by atomic mass is 32.1. The quantitative estimate of drug-likeness (QED) is 0.788. The van der Waals surface area contributed by atoms with Crippen molar-refractivity contribution >= 4 is 33.9 Å². The van der Waals surface area contributed by atoms with Crippen molar-refractivity contribution in [3.05, 3.63) is 5.82 Å². The number of nitrogens with zero attached hydrogens (tertiary/aromatic N) is 3. The molecule has 0 bridgehead atoms. The number of thiocarbonyl (C=S) groups is 1. The number of hydrogen-bond donors (Lipinski definition) is 1. The molecular formula is C8H14N4S2. The zero-order chi connectivity index (χ0) is 10.7. The van der Waals surface area contributed by atoms with E-state index in [0.29, 0.717) is 4.99 Å². The summed E-state index contributed by atoms with van der Waals surface area (Å²) in [6, 6.07) is 0. The summed E-state index contributed by atoms with van der Waals surface area (Å²) in [5, 5.41) is 0.908. The molecule has 1 unspecified atom stereocenters. The van der Waals surface area contributed by atoms with Gasteiger partial charge in [0, 0.05) is 31.0 Å². The molecule has 0 spiro atoms. The van der Waals surface area contributed by atoms with E-state index in [4.69, 9.17) is 18.0 Å². The minimum atomic E-state index is 0.194. The van der Waals surface area contributed by atoms with Crippen LogP contribution in [0.2, 0.25) is 0 Å². The molecular weight excluding hydrogens is 216 g/mol. The summed E-state index contributed by atoms with van der Waals surface area (Å²) < 4.78 is 4.11. The summed E-state index contributed by atoms with van der Waals surface area (Å²) in [4.78, 5) is 6.83. The van der Waals surface area contributed by atoms with Gasteiger partial charge >= 0.3 is 0 Å². The first-order valence-electron chi connectivity index (χ1n) is 4.31. The SMILES string of the molecule is Cc1nsc(N(C)CC(C)C(N)=S)n1. The Kier molecular flexibility index (Phi) is 3.77. The Morgan fingerprint density at radius 3 is 2.79 bits per heavy atom. The van der Waals surface area contributed by atoms with Crippen molar-refractivity contribution in [1.82, 2.24) is 9.36 Å². The van der Waals surface area contributed by atoms with E-state index in [0.717, 1.165) is 17.5 Å². The second-order valence-corrected chi connectivity index (χ2v) is 4.51. The van der Waals surface area contributed by atoms with E-state index >= 15 is 0 Å². The van der Waals surface area contributed by atoms with E-state index in [9.17, 15) is 0 Å². The summed E-state index contributed by atoms with van der Waals surface area (Å²) in [7, 11) is 1.97. The lowest BCUT2D eigenvalue weighted by Gasteiger charge is -2.19. The lowest BCUT2D eigenvalue weighted by Crippen LogP contribution is -2.31. The van der Waals surface area contributed by atoms with Gasteiger partial charge in [-0.05, 0) is 6.92 Å². The molecule has 0 saturated carbocycles. The smallest absolute Gasteiger partial charge is 0.204 e. The first-order chi connectivity index (χ1) is 6.50. The zero-order valence-corrected chi connectivity index (χ0v) is 10.2. The maximum absolute atomic E-state index is 5.54. The van der Waals surface area contributed by atoms with E-state index in [-0.39, 0.29) is 5.92 Å². The first-order valence-corrected chi connectivity index (χ1v) is 5.49. The highest BCUT2D eigenvalue weighted by Gasteiger charge is 2.12. The van der Waals surface area contributed by atoms with E-state index < -0.39 is 0 Å². The van der Waals surface area contributed by atoms with Gasteiger partial charge in [-0.15, -0.1) is 0 Å². The van der Waals surface area contributed by atoms with Crippen LogP contribution in [0.5, 0.6) is 0 Å². The van der Waals surface area contributed by atoms with Crippen molar-refractivity contribution in [2.24, 2.45) is 11.7 Å². The Morgan fingerprint density at radius 1 is 1.71 bits per heavy atom. The minimum Gasteiger partial charge on any atom is -0.393 e. The van der Waals surface area contributed by atoms with E-state index in [1.54, 1.807) is 0 Å². The Labute approximate surface area is 93.3 Å². The first kappa shape index (κ1) is 11.3. The van der Waals surface area contributed by atoms with Crippen molar-refractivity contribution < 1.29 is 0 Å². The van der Waals surface area contributed by atoms with Crippen LogP contribution < -0.4 is 10.6 Å². The third kappa shape index (κ3) is 2.88. The van der Waals surface area contributed by atoms with E-state index in [2.05, 4.69) is 9.36 Å². The molecule has 0 saturated heterocycles.